The number of Topliss-reactive ketones (excluding diaryl/α,β-unsaturated/α-hetero) is 1. The van der Waals surface area contributed by atoms with Gasteiger partial charge in [-0.1, -0.05) is 39.7 Å². The molecule has 2 saturated carbocycles. The number of nitrogens with zero attached hydrogens (tertiary/aromatic N) is 2. The van der Waals surface area contributed by atoms with Crippen LogP contribution in [-0.4, -0.2) is 46.0 Å². The lowest BCUT2D eigenvalue weighted by molar-refractivity contribution is -0.154. The van der Waals surface area contributed by atoms with E-state index in [1.165, 1.54) is 48.5 Å². The molecule has 3 amide bonds. The summed E-state index contributed by atoms with van der Waals surface area (Å²) in [4.78, 5) is 67.5. The van der Waals surface area contributed by atoms with Crippen molar-refractivity contribution in [3.05, 3.63) is 111 Å². The Morgan fingerprint density at radius 1 is 0.791 bits per heavy atom. The summed E-state index contributed by atoms with van der Waals surface area (Å²) in [6.07, 6.45) is 5.11. The van der Waals surface area contributed by atoms with Crippen LogP contribution in [0.3, 0.4) is 0 Å². The van der Waals surface area contributed by atoms with E-state index in [4.69, 9.17) is 16.3 Å². The Hall–Kier alpha value is -4.08. The number of allylic oxidation sites excluding steroid dienone is 2. The van der Waals surface area contributed by atoms with Gasteiger partial charge in [0.15, 0.2) is 5.78 Å². The molecule has 216 valence electrons. The Morgan fingerprint density at radius 3 is 1.91 bits per heavy atom. The molecule has 3 aromatic rings. The molecule has 1 aliphatic heterocycles. The molecule has 4 aliphatic carbocycles. The number of imide groups is 1. The van der Waals surface area contributed by atoms with E-state index in [2.05, 4.69) is 28.1 Å². The summed E-state index contributed by atoms with van der Waals surface area (Å²) in [5, 5.41) is 2.30. The number of amides is 3. The van der Waals surface area contributed by atoms with Crippen molar-refractivity contribution in [3.8, 4) is 5.75 Å². The lowest BCUT2D eigenvalue weighted by atomic mass is 9.63. The molecule has 1 heterocycles. The average molecular weight is 660 g/mol. The number of halogens is 2. The molecule has 0 aromatic heterocycles. The number of ketones is 1. The topological polar surface area (TPSA) is 101 Å². The zero-order valence-electron chi connectivity index (χ0n) is 22.6. The van der Waals surface area contributed by atoms with Crippen LogP contribution in [0.1, 0.15) is 37.5 Å². The average Bonchev–Trinajstić information content (AvgIpc) is 3.79. The summed E-state index contributed by atoms with van der Waals surface area (Å²) in [7, 11) is 0. The van der Waals surface area contributed by atoms with Crippen LogP contribution in [0.25, 0.3) is 0 Å². The van der Waals surface area contributed by atoms with E-state index in [1.807, 2.05) is 0 Å². The molecule has 3 aromatic carbocycles. The fraction of sp³-hybridized carbons (Fsp3) is 0.242. The number of hydrazine groups is 1. The molecule has 0 N–H and O–H groups in total. The maximum absolute atomic E-state index is 13.8. The van der Waals surface area contributed by atoms with Crippen molar-refractivity contribution in [2.75, 3.05) is 6.54 Å². The first-order valence-corrected chi connectivity index (χ1v) is 15.1. The summed E-state index contributed by atoms with van der Waals surface area (Å²) in [6, 6.07) is 18.7. The summed E-state index contributed by atoms with van der Waals surface area (Å²) in [5.41, 5.74) is 0.768. The van der Waals surface area contributed by atoms with Gasteiger partial charge < -0.3 is 4.74 Å². The maximum atomic E-state index is 13.8. The minimum Gasteiger partial charge on any atom is -0.423 e. The van der Waals surface area contributed by atoms with Gasteiger partial charge in [0.1, 0.15) is 12.3 Å². The Bertz CT molecular complexity index is 1670. The van der Waals surface area contributed by atoms with E-state index in [0.717, 1.165) is 20.9 Å². The molecule has 2 bridgehead atoms. The molecule has 3 fully saturated rings. The van der Waals surface area contributed by atoms with Crippen molar-refractivity contribution >= 4 is 57.0 Å². The molecule has 5 aliphatic rings. The first-order valence-electron chi connectivity index (χ1n) is 14.0. The number of carbonyl (C=O) groups is 5. The second-order valence-corrected chi connectivity index (χ2v) is 12.7. The molecule has 1 saturated heterocycles. The number of ether oxygens (including phenoxy) is 1. The predicted molar refractivity (Wildman–Crippen MR) is 159 cm³/mol. The van der Waals surface area contributed by atoms with Gasteiger partial charge in [0.25, 0.3) is 17.7 Å². The molecular weight excluding hydrogens is 636 g/mol. The molecule has 8 nitrogen and oxygen atoms in total. The molecule has 0 unspecified atom stereocenters. The highest BCUT2D eigenvalue weighted by Crippen LogP contribution is 2.65. The van der Waals surface area contributed by atoms with Crippen molar-refractivity contribution in [2.24, 2.45) is 35.5 Å². The van der Waals surface area contributed by atoms with E-state index in [1.54, 1.807) is 24.3 Å². The van der Waals surface area contributed by atoms with Crippen LogP contribution >= 0.6 is 27.5 Å². The van der Waals surface area contributed by atoms with Gasteiger partial charge in [-0.15, -0.1) is 0 Å². The van der Waals surface area contributed by atoms with E-state index >= 15 is 0 Å². The number of benzene rings is 3. The quantitative estimate of drug-likeness (QED) is 0.107. The van der Waals surface area contributed by atoms with Gasteiger partial charge >= 0.3 is 5.97 Å². The smallest absolute Gasteiger partial charge is 0.343 e. The first kappa shape index (κ1) is 27.7. The van der Waals surface area contributed by atoms with Crippen molar-refractivity contribution in [1.82, 2.24) is 10.0 Å². The van der Waals surface area contributed by atoms with Gasteiger partial charge in [-0.2, -0.15) is 5.01 Å². The van der Waals surface area contributed by atoms with Crippen molar-refractivity contribution in [3.63, 3.8) is 0 Å². The Morgan fingerprint density at radius 2 is 1.33 bits per heavy atom. The molecule has 6 atom stereocenters. The third-order valence-electron chi connectivity index (χ3n) is 8.97. The van der Waals surface area contributed by atoms with Crippen molar-refractivity contribution in [2.45, 2.75) is 6.42 Å². The van der Waals surface area contributed by atoms with Gasteiger partial charge in [0.05, 0.1) is 17.4 Å². The lowest BCUT2D eigenvalue weighted by Crippen LogP contribution is -2.52. The van der Waals surface area contributed by atoms with Crippen LogP contribution in [0.15, 0.2) is 89.4 Å². The Labute approximate surface area is 260 Å². The second-order valence-electron chi connectivity index (χ2n) is 11.4. The van der Waals surface area contributed by atoms with Crippen LogP contribution < -0.4 is 4.74 Å². The van der Waals surface area contributed by atoms with Gasteiger partial charge in [0.2, 0.25) is 0 Å². The van der Waals surface area contributed by atoms with Gasteiger partial charge in [-0.3, -0.25) is 19.2 Å². The van der Waals surface area contributed by atoms with Crippen molar-refractivity contribution in [1.29, 1.82) is 0 Å². The molecule has 43 heavy (non-hydrogen) atoms. The fourth-order valence-electron chi connectivity index (χ4n) is 6.84. The fourth-order valence-corrected chi connectivity index (χ4v) is 7.23. The zero-order valence-corrected chi connectivity index (χ0v) is 24.9. The van der Waals surface area contributed by atoms with Gasteiger partial charge in [-0.25, -0.2) is 9.80 Å². The summed E-state index contributed by atoms with van der Waals surface area (Å²) in [6.45, 7) is -0.536. The van der Waals surface area contributed by atoms with Crippen LogP contribution in [0.2, 0.25) is 5.02 Å². The zero-order chi connectivity index (χ0) is 30.0. The molecular formula is C33H24BrClN2O6. The van der Waals surface area contributed by atoms with Crippen LogP contribution in [0.5, 0.6) is 5.75 Å². The van der Waals surface area contributed by atoms with E-state index in [-0.39, 0.29) is 28.7 Å². The van der Waals surface area contributed by atoms with Crippen LogP contribution in [0.4, 0.5) is 0 Å². The molecule has 8 rings (SSSR count). The van der Waals surface area contributed by atoms with Crippen molar-refractivity contribution < 1.29 is 28.7 Å². The van der Waals surface area contributed by atoms with E-state index < -0.39 is 47.9 Å². The SMILES string of the molecule is O=C(CN(C(=O)c1ccc(Cl)cc1)N1C(=O)[C@@H]2[C@H]3C=C[C@@H]([C@@H]4C[C@@H]34)[C@@H]2C1=O)c1ccc(OC(=O)c2ccc(Br)cc2)cc1. The monoisotopic (exact) mass is 658 g/mol. The Balaban J connectivity index is 1.13. The molecule has 10 heteroatoms. The first-order chi connectivity index (χ1) is 20.7. The van der Waals surface area contributed by atoms with Gasteiger partial charge in [-0.05, 0) is 103 Å². The third kappa shape index (κ3) is 4.80. The number of rotatable bonds is 7. The highest BCUT2D eigenvalue weighted by molar-refractivity contribution is 9.10. The third-order valence-corrected chi connectivity index (χ3v) is 9.75. The maximum Gasteiger partial charge on any atom is 0.343 e. The second kappa shape index (κ2) is 10.6. The minimum atomic E-state index is -0.657. The van der Waals surface area contributed by atoms with Gasteiger partial charge in [0, 0.05) is 20.6 Å². The molecule has 0 radical (unpaired) electrons. The summed E-state index contributed by atoms with van der Waals surface area (Å²) < 4.78 is 6.25. The number of hydrogen-bond acceptors (Lipinski definition) is 6. The summed E-state index contributed by atoms with van der Waals surface area (Å²) >= 11 is 9.34. The minimum absolute atomic E-state index is 0.0303. The van der Waals surface area contributed by atoms with E-state index in [9.17, 15) is 24.0 Å². The Kier molecular flexibility index (Phi) is 6.82. The number of carbonyl (C=O) groups excluding carboxylic acids is 5. The highest BCUT2D eigenvalue weighted by atomic mass is 79.9. The van der Waals surface area contributed by atoms with E-state index in [0.29, 0.717) is 22.4 Å². The largest absolute Gasteiger partial charge is 0.423 e. The highest BCUT2D eigenvalue weighted by Gasteiger charge is 2.68. The van der Waals surface area contributed by atoms with Crippen LogP contribution in [0, 0.1) is 35.5 Å². The lowest BCUT2D eigenvalue weighted by Gasteiger charge is -2.37. The number of esters is 1. The molecule has 0 spiro atoms. The standard InChI is InChI=1S/C33H24BrClN2O6/c34-20-7-1-19(2-8-20)33(42)43-22-11-5-17(6-12-22)27(38)16-36(30(39)18-3-9-21(35)10-4-18)37-31(40)28-23-13-14-24(26-15-25(23)26)29(28)32(37)41/h1-14,23-26,28-29H,15-16H2/t23-,24-,25-,26-,28-,29+/m0/s1. The summed E-state index contributed by atoms with van der Waals surface area (Å²) in [5.74, 6) is -2.68. The van der Waals surface area contributed by atoms with Crippen LogP contribution in [-0.2, 0) is 9.59 Å². The normalized spacial score (nSPS) is 26.1. The number of hydrogen-bond donors (Lipinski definition) is 0. The predicted octanol–water partition coefficient (Wildman–Crippen LogP) is 5.61.